The predicted molar refractivity (Wildman–Crippen MR) is 176 cm³/mol. The van der Waals surface area contributed by atoms with Crippen molar-refractivity contribution in [3.63, 3.8) is 0 Å². The Bertz CT molecular complexity index is 1700. The predicted octanol–water partition coefficient (Wildman–Crippen LogP) is 5.70. The van der Waals surface area contributed by atoms with Crippen LogP contribution in [0.5, 0.6) is 23.0 Å². The Morgan fingerprint density at radius 2 is 1.70 bits per heavy atom. The molecule has 12 nitrogen and oxygen atoms in total. The lowest BCUT2D eigenvalue weighted by Gasteiger charge is -2.28. The molecule has 1 heterocycles. The fraction of sp³-hybridized carbons (Fsp3) is 0.273. The molecular weight excluding hydrogens is 651 g/mol. The van der Waals surface area contributed by atoms with Crippen molar-refractivity contribution < 1.29 is 38.1 Å². The van der Waals surface area contributed by atoms with Crippen LogP contribution < -0.4 is 35.0 Å². The number of methoxy groups -OCH3 is 1. The number of nitrogens with one attached hydrogen (secondary N) is 3. The number of amides is 3. The fourth-order valence-corrected chi connectivity index (χ4v) is 5.01. The van der Waals surface area contributed by atoms with Crippen molar-refractivity contribution in [2.24, 2.45) is 5.10 Å². The summed E-state index contributed by atoms with van der Waals surface area (Å²) in [6.45, 7) is 5.61. The van der Waals surface area contributed by atoms with Crippen LogP contribution in [0.15, 0.2) is 71.0 Å². The van der Waals surface area contributed by atoms with Crippen LogP contribution in [-0.2, 0) is 20.9 Å². The zero-order valence-electron chi connectivity index (χ0n) is 26.1. The number of esters is 1. The summed E-state index contributed by atoms with van der Waals surface area (Å²) in [5, 5.41) is 10.4. The van der Waals surface area contributed by atoms with E-state index in [1.165, 1.54) is 13.3 Å². The molecule has 0 saturated heterocycles. The zero-order valence-corrected chi connectivity index (χ0v) is 27.7. The maximum atomic E-state index is 12.6. The summed E-state index contributed by atoms with van der Waals surface area (Å²) < 4.78 is 28.0. The van der Waals surface area contributed by atoms with Gasteiger partial charge in [0.25, 0.3) is 5.91 Å². The number of carbonyl (C=O) groups is 3. The van der Waals surface area contributed by atoms with E-state index in [0.717, 1.165) is 5.56 Å². The molecular formula is C33H34Cl2N4O8. The molecule has 0 saturated carbocycles. The molecule has 3 aromatic carbocycles. The molecule has 0 spiro atoms. The van der Waals surface area contributed by atoms with Crippen LogP contribution in [-0.4, -0.2) is 51.1 Å². The quantitative estimate of drug-likeness (QED) is 0.111. The lowest BCUT2D eigenvalue weighted by molar-refractivity contribution is -0.139. The third-order valence-electron chi connectivity index (χ3n) is 6.71. The first-order valence-corrected chi connectivity index (χ1v) is 15.3. The average Bonchev–Trinajstić information content (AvgIpc) is 3.04. The minimum Gasteiger partial charge on any atom is -0.493 e. The molecule has 0 radical (unpaired) electrons. The van der Waals surface area contributed by atoms with E-state index in [-0.39, 0.29) is 36.9 Å². The summed E-state index contributed by atoms with van der Waals surface area (Å²) in [5.41, 5.74) is 5.04. The van der Waals surface area contributed by atoms with Gasteiger partial charge in [0.1, 0.15) is 6.61 Å². The lowest BCUT2D eigenvalue weighted by atomic mass is 9.95. The Balaban J connectivity index is 1.36. The summed E-state index contributed by atoms with van der Waals surface area (Å²) in [6.07, 6.45) is 1.46. The van der Waals surface area contributed by atoms with Crippen molar-refractivity contribution in [2.45, 2.75) is 33.4 Å². The Kier molecular flexibility index (Phi) is 12.3. The summed E-state index contributed by atoms with van der Waals surface area (Å²) in [5.74, 6) is 0.486. The van der Waals surface area contributed by atoms with E-state index < -0.39 is 23.9 Å². The lowest BCUT2D eigenvalue weighted by Crippen LogP contribution is -2.45. The van der Waals surface area contributed by atoms with Gasteiger partial charge >= 0.3 is 12.0 Å². The van der Waals surface area contributed by atoms with Gasteiger partial charge in [-0.25, -0.2) is 15.0 Å². The monoisotopic (exact) mass is 684 g/mol. The number of urea groups is 1. The number of rotatable bonds is 14. The van der Waals surface area contributed by atoms with E-state index >= 15 is 0 Å². The highest BCUT2D eigenvalue weighted by Crippen LogP contribution is 2.35. The van der Waals surface area contributed by atoms with Crippen LogP contribution in [0.25, 0.3) is 0 Å². The Morgan fingerprint density at radius 1 is 0.936 bits per heavy atom. The summed E-state index contributed by atoms with van der Waals surface area (Å²) in [6, 6.07) is 14.0. The van der Waals surface area contributed by atoms with Gasteiger partial charge in [0.05, 0.1) is 38.2 Å². The first-order chi connectivity index (χ1) is 22.6. The van der Waals surface area contributed by atoms with Crippen LogP contribution in [0.2, 0.25) is 10.0 Å². The summed E-state index contributed by atoms with van der Waals surface area (Å²) in [7, 11) is 1.43. The maximum Gasteiger partial charge on any atom is 0.338 e. The molecule has 3 aromatic rings. The molecule has 248 valence electrons. The van der Waals surface area contributed by atoms with E-state index in [1.807, 2.05) is 6.92 Å². The van der Waals surface area contributed by atoms with Crippen molar-refractivity contribution in [1.29, 1.82) is 0 Å². The highest BCUT2D eigenvalue weighted by Gasteiger charge is 2.32. The Morgan fingerprint density at radius 3 is 2.43 bits per heavy atom. The molecule has 3 N–H and O–H groups in total. The average molecular weight is 686 g/mol. The van der Waals surface area contributed by atoms with Crippen LogP contribution in [0, 0.1) is 0 Å². The molecule has 4 rings (SSSR count). The van der Waals surface area contributed by atoms with Gasteiger partial charge in [-0.15, -0.1) is 0 Å². The molecule has 3 amide bonds. The van der Waals surface area contributed by atoms with Crippen LogP contribution in [0.4, 0.5) is 4.79 Å². The van der Waals surface area contributed by atoms with Crippen molar-refractivity contribution in [1.82, 2.24) is 16.1 Å². The van der Waals surface area contributed by atoms with E-state index in [9.17, 15) is 14.4 Å². The largest absolute Gasteiger partial charge is 0.493 e. The molecule has 0 aromatic heterocycles. The van der Waals surface area contributed by atoms with Gasteiger partial charge in [0.15, 0.2) is 29.6 Å². The molecule has 0 bridgehead atoms. The zero-order chi connectivity index (χ0) is 33.9. The topological polar surface area (TPSA) is 146 Å². The second-order valence-corrected chi connectivity index (χ2v) is 10.8. The molecule has 14 heteroatoms. The minimum atomic E-state index is -0.783. The first-order valence-electron chi connectivity index (χ1n) is 14.5. The number of allylic oxidation sites excluding steroid dienone is 1. The third kappa shape index (κ3) is 9.30. The van der Waals surface area contributed by atoms with Gasteiger partial charge in [0, 0.05) is 21.3 Å². The number of carbonyl (C=O) groups excluding carboxylic acids is 3. The number of hydrogen-bond donors (Lipinski definition) is 3. The van der Waals surface area contributed by atoms with Gasteiger partial charge in [-0.3, -0.25) is 4.79 Å². The van der Waals surface area contributed by atoms with Gasteiger partial charge in [0.2, 0.25) is 0 Å². The van der Waals surface area contributed by atoms with Gasteiger partial charge in [-0.1, -0.05) is 35.3 Å². The third-order valence-corrected chi connectivity index (χ3v) is 7.30. The van der Waals surface area contributed by atoms with Gasteiger partial charge in [-0.2, -0.15) is 5.10 Å². The summed E-state index contributed by atoms with van der Waals surface area (Å²) >= 11 is 12.2. The first kappa shape index (κ1) is 34.9. The molecule has 0 aliphatic carbocycles. The highest BCUT2D eigenvalue weighted by molar-refractivity contribution is 6.35. The molecule has 0 fully saturated rings. The van der Waals surface area contributed by atoms with Crippen molar-refractivity contribution in [3.8, 4) is 23.0 Å². The van der Waals surface area contributed by atoms with E-state index in [2.05, 4.69) is 21.2 Å². The van der Waals surface area contributed by atoms with Crippen molar-refractivity contribution in [3.05, 3.63) is 92.6 Å². The van der Waals surface area contributed by atoms with Crippen molar-refractivity contribution in [2.75, 3.05) is 26.9 Å². The maximum absolute atomic E-state index is 12.6. The van der Waals surface area contributed by atoms with E-state index in [1.54, 1.807) is 68.4 Å². The minimum absolute atomic E-state index is 0.177. The Hall–Kier alpha value is -4.94. The molecule has 1 atom stereocenters. The number of hydrogen-bond acceptors (Lipinski definition) is 9. The van der Waals surface area contributed by atoms with Gasteiger partial charge in [-0.05, 0) is 74.4 Å². The van der Waals surface area contributed by atoms with E-state index in [0.29, 0.717) is 45.0 Å². The molecule has 47 heavy (non-hydrogen) atoms. The van der Waals surface area contributed by atoms with Crippen LogP contribution >= 0.6 is 23.2 Å². The summed E-state index contributed by atoms with van der Waals surface area (Å²) in [4.78, 5) is 37.3. The molecule has 1 aliphatic rings. The molecule has 0 unspecified atom stereocenters. The second kappa shape index (κ2) is 16.6. The number of halogens is 2. The van der Waals surface area contributed by atoms with Crippen molar-refractivity contribution >= 4 is 47.3 Å². The Labute approximate surface area is 281 Å². The van der Waals surface area contributed by atoms with Crippen LogP contribution in [0.3, 0.4) is 0 Å². The smallest absolute Gasteiger partial charge is 0.338 e. The number of nitrogens with zero attached hydrogens (tertiary/aromatic N) is 1. The number of hydrazone groups is 1. The van der Waals surface area contributed by atoms with Gasteiger partial charge < -0.3 is 34.3 Å². The normalized spacial score (nSPS) is 14.3. The standard InChI is InChI=1S/C33H34Cl2N4O8/c1-5-44-28-13-20(7-11-26(28)46-17-22-8-10-23(34)15-24(22)35)16-36-39-29(40)18-47-25-12-9-21(14-27(25)43-4)31-30(32(41)45-6-2)19(3)37-33(42)38-31/h7-16,31H,5-6,17-18H2,1-4H3,(H,39,40)(H2,37,38,42)/b36-16-/t31-/m0/s1. The van der Waals surface area contributed by atoms with Crippen LogP contribution in [0.1, 0.15) is 43.5 Å². The molecule has 1 aliphatic heterocycles. The number of ether oxygens (including phenoxy) is 5. The SMILES string of the molecule is CCOC(=O)C1=C(C)NC(=O)N[C@H]1c1ccc(OCC(=O)N/N=C\c2ccc(OCc3ccc(Cl)cc3Cl)c(OCC)c2)c(OC)c1. The second-order valence-electron chi connectivity index (χ2n) is 9.95. The highest BCUT2D eigenvalue weighted by atomic mass is 35.5. The van der Waals surface area contributed by atoms with E-state index in [4.69, 9.17) is 46.9 Å². The number of benzene rings is 3. The fourth-order valence-electron chi connectivity index (χ4n) is 4.55.